The van der Waals surface area contributed by atoms with Crippen molar-refractivity contribution >= 4 is 17.8 Å². The second-order valence-corrected chi connectivity index (χ2v) is 5.88. The number of ether oxygens (including phenoxy) is 4. The van der Waals surface area contributed by atoms with Gasteiger partial charge in [0.2, 0.25) is 5.78 Å². The van der Waals surface area contributed by atoms with Crippen LogP contribution >= 0.6 is 0 Å². The highest BCUT2D eigenvalue weighted by Gasteiger charge is 2.27. The molecule has 1 aliphatic rings. The molecule has 140 valence electrons. The highest BCUT2D eigenvalue weighted by atomic mass is 16.6. The van der Waals surface area contributed by atoms with Gasteiger partial charge in [0, 0.05) is 6.07 Å². The average molecular weight is 368 g/mol. The third kappa shape index (κ3) is 4.11. The summed E-state index contributed by atoms with van der Waals surface area (Å²) in [5.41, 5.74) is 1.28. The first-order valence-corrected chi connectivity index (χ1v) is 8.57. The SMILES string of the molecule is CCOC(=O)[C@H](C)Oc1ccc(/C=C2\Oc3cc(OC)ccc3C2=O)cc1. The predicted octanol–water partition coefficient (Wildman–Crippen LogP) is 3.64. The highest BCUT2D eigenvalue weighted by molar-refractivity contribution is 6.14. The quantitative estimate of drug-likeness (QED) is 0.573. The number of rotatable bonds is 6. The molecule has 2 aromatic carbocycles. The molecule has 1 atom stereocenters. The number of hydrogen-bond donors (Lipinski definition) is 0. The molecule has 1 heterocycles. The molecule has 0 aliphatic carbocycles. The Morgan fingerprint density at radius 2 is 1.85 bits per heavy atom. The summed E-state index contributed by atoms with van der Waals surface area (Å²) in [5, 5.41) is 0. The molecular formula is C21H20O6. The Morgan fingerprint density at radius 1 is 1.15 bits per heavy atom. The van der Waals surface area contributed by atoms with E-state index in [1.807, 2.05) is 0 Å². The molecule has 0 N–H and O–H groups in total. The van der Waals surface area contributed by atoms with E-state index in [4.69, 9.17) is 18.9 Å². The molecule has 0 unspecified atom stereocenters. The van der Waals surface area contributed by atoms with Gasteiger partial charge in [-0.05, 0) is 49.8 Å². The van der Waals surface area contributed by atoms with Crippen LogP contribution in [0, 0.1) is 0 Å². The molecule has 6 nitrogen and oxygen atoms in total. The number of carbonyl (C=O) groups is 2. The zero-order valence-electron chi connectivity index (χ0n) is 15.4. The van der Waals surface area contributed by atoms with E-state index < -0.39 is 12.1 Å². The molecule has 0 saturated heterocycles. The zero-order valence-corrected chi connectivity index (χ0v) is 15.4. The van der Waals surface area contributed by atoms with Gasteiger partial charge < -0.3 is 18.9 Å². The van der Waals surface area contributed by atoms with Crippen molar-refractivity contribution in [1.82, 2.24) is 0 Å². The maximum absolute atomic E-state index is 12.4. The summed E-state index contributed by atoms with van der Waals surface area (Å²) in [6, 6.07) is 12.1. The zero-order chi connectivity index (χ0) is 19.4. The number of hydrogen-bond acceptors (Lipinski definition) is 6. The lowest BCUT2D eigenvalue weighted by atomic mass is 10.1. The molecule has 0 spiro atoms. The van der Waals surface area contributed by atoms with Gasteiger partial charge in [-0.2, -0.15) is 0 Å². The van der Waals surface area contributed by atoms with E-state index in [-0.39, 0.29) is 11.5 Å². The number of ketones is 1. The summed E-state index contributed by atoms with van der Waals surface area (Å²) in [6.07, 6.45) is 0.964. The molecule has 0 radical (unpaired) electrons. The van der Waals surface area contributed by atoms with Crippen LogP contribution in [0.2, 0.25) is 0 Å². The van der Waals surface area contributed by atoms with Crippen LogP contribution in [0.3, 0.4) is 0 Å². The van der Waals surface area contributed by atoms with E-state index >= 15 is 0 Å². The van der Waals surface area contributed by atoms with E-state index in [0.29, 0.717) is 29.4 Å². The van der Waals surface area contributed by atoms with Crippen molar-refractivity contribution in [2.45, 2.75) is 20.0 Å². The number of allylic oxidation sites excluding steroid dienone is 1. The van der Waals surface area contributed by atoms with Gasteiger partial charge in [-0.3, -0.25) is 4.79 Å². The van der Waals surface area contributed by atoms with Crippen LogP contribution in [-0.4, -0.2) is 31.6 Å². The Kier molecular flexibility index (Phi) is 5.45. The van der Waals surface area contributed by atoms with Crippen molar-refractivity contribution in [3.05, 3.63) is 59.4 Å². The van der Waals surface area contributed by atoms with Crippen LogP contribution in [0.25, 0.3) is 6.08 Å². The van der Waals surface area contributed by atoms with E-state index in [0.717, 1.165) is 5.56 Å². The molecule has 2 aromatic rings. The van der Waals surface area contributed by atoms with Crippen LogP contribution in [0.15, 0.2) is 48.2 Å². The molecular weight excluding hydrogens is 348 g/mol. The van der Waals surface area contributed by atoms with Crippen LogP contribution in [0.4, 0.5) is 0 Å². The van der Waals surface area contributed by atoms with Gasteiger partial charge in [-0.1, -0.05) is 12.1 Å². The summed E-state index contributed by atoms with van der Waals surface area (Å²) in [6.45, 7) is 3.68. The van der Waals surface area contributed by atoms with Gasteiger partial charge in [-0.15, -0.1) is 0 Å². The van der Waals surface area contributed by atoms with Crippen LogP contribution in [0.5, 0.6) is 17.2 Å². The van der Waals surface area contributed by atoms with E-state index in [1.54, 1.807) is 69.5 Å². The first-order valence-electron chi connectivity index (χ1n) is 8.57. The molecule has 0 aromatic heterocycles. The number of carbonyl (C=O) groups excluding carboxylic acids is 2. The summed E-state index contributed by atoms with van der Waals surface area (Å²) >= 11 is 0. The lowest BCUT2D eigenvalue weighted by molar-refractivity contribution is -0.150. The van der Waals surface area contributed by atoms with E-state index in [1.165, 1.54) is 0 Å². The average Bonchev–Trinajstić information content (AvgIpc) is 2.98. The van der Waals surface area contributed by atoms with Crippen LogP contribution in [0.1, 0.15) is 29.8 Å². The third-order valence-electron chi connectivity index (χ3n) is 3.99. The van der Waals surface area contributed by atoms with Crippen molar-refractivity contribution in [2.24, 2.45) is 0 Å². The lowest BCUT2D eigenvalue weighted by Gasteiger charge is -2.13. The van der Waals surface area contributed by atoms with Crippen LogP contribution in [-0.2, 0) is 9.53 Å². The van der Waals surface area contributed by atoms with E-state index in [2.05, 4.69) is 0 Å². The number of esters is 1. The Balaban J connectivity index is 1.71. The smallest absolute Gasteiger partial charge is 0.347 e. The number of fused-ring (bicyclic) bond motifs is 1. The third-order valence-corrected chi connectivity index (χ3v) is 3.99. The first-order chi connectivity index (χ1) is 13.0. The maximum Gasteiger partial charge on any atom is 0.347 e. The molecule has 1 aliphatic heterocycles. The standard InChI is InChI=1S/C21H20O6/c1-4-25-21(23)13(2)26-15-7-5-14(6-8-15)11-19-20(22)17-10-9-16(24-3)12-18(17)27-19/h5-13H,4H2,1-3H3/b19-11-/t13-/m0/s1. The highest BCUT2D eigenvalue weighted by Crippen LogP contribution is 2.34. The topological polar surface area (TPSA) is 71.1 Å². The van der Waals surface area contributed by atoms with Crippen molar-refractivity contribution < 1.29 is 28.5 Å². The predicted molar refractivity (Wildman–Crippen MR) is 99.1 cm³/mol. The van der Waals surface area contributed by atoms with Crippen molar-refractivity contribution in [3.63, 3.8) is 0 Å². The molecule has 0 amide bonds. The summed E-state index contributed by atoms with van der Waals surface area (Å²) in [4.78, 5) is 24.1. The Hall–Kier alpha value is -3.28. The molecule has 0 saturated carbocycles. The fourth-order valence-electron chi connectivity index (χ4n) is 2.60. The van der Waals surface area contributed by atoms with Gasteiger partial charge in [0.25, 0.3) is 0 Å². The normalized spacial score (nSPS) is 15.1. The van der Waals surface area contributed by atoms with E-state index in [9.17, 15) is 9.59 Å². The second-order valence-electron chi connectivity index (χ2n) is 5.88. The first kappa shape index (κ1) is 18.5. The number of methoxy groups -OCH3 is 1. The second kappa shape index (κ2) is 7.95. The van der Waals surface area contributed by atoms with Crippen molar-refractivity contribution in [1.29, 1.82) is 0 Å². The molecule has 27 heavy (non-hydrogen) atoms. The minimum atomic E-state index is -0.696. The van der Waals surface area contributed by atoms with Gasteiger partial charge >= 0.3 is 5.97 Å². The fraction of sp³-hybridized carbons (Fsp3) is 0.238. The van der Waals surface area contributed by atoms with Crippen molar-refractivity contribution in [2.75, 3.05) is 13.7 Å². The summed E-state index contributed by atoms with van der Waals surface area (Å²) in [5.74, 6) is 1.29. The minimum absolute atomic E-state index is 0.177. The number of benzene rings is 2. The minimum Gasteiger partial charge on any atom is -0.497 e. The van der Waals surface area contributed by atoms with Gasteiger partial charge in [-0.25, -0.2) is 4.79 Å². The summed E-state index contributed by atoms with van der Waals surface area (Å²) in [7, 11) is 1.56. The fourth-order valence-corrected chi connectivity index (χ4v) is 2.60. The van der Waals surface area contributed by atoms with Crippen LogP contribution < -0.4 is 14.2 Å². The Labute approximate surface area is 157 Å². The number of Topliss-reactive ketones (excluding diaryl/α,β-unsaturated/α-hetero) is 1. The largest absolute Gasteiger partial charge is 0.497 e. The van der Waals surface area contributed by atoms with Gasteiger partial charge in [0.05, 0.1) is 19.3 Å². The summed E-state index contributed by atoms with van der Waals surface area (Å²) < 4.78 is 21.3. The Bertz CT molecular complexity index is 882. The molecule has 0 fully saturated rings. The maximum atomic E-state index is 12.4. The lowest BCUT2D eigenvalue weighted by Crippen LogP contribution is -2.25. The Morgan fingerprint density at radius 3 is 2.52 bits per heavy atom. The van der Waals surface area contributed by atoms with Crippen molar-refractivity contribution in [3.8, 4) is 17.2 Å². The molecule has 3 rings (SSSR count). The monoisotopic (exact) mass is 368 g/mol. The molecule has 6 heteroatoms. The van der Waals surface area contributed by atoms with Gasteiger partial charge in [0.15, 0.2) is 11.9 Å². The molecule has 0 bridgehead atoms. The van der Waals surface area contributed by atoms with Gasteiger partial charge in [0.1, 0.15) is 17.2 Å².